The minimum atomic E-state index is -0.984. The van der Waals surface area contributed by atoms with Gasteiger partial charge in [0.15, 0.2) is 0 Å². The van der Waals surface area contributed by atoms with Crippen LogP contribution in [0, 0.1) is 0 Å². The van der Waals surface area contributed by atoms with Crippen LogP contribution in [0.25, 0.3) is 6.08 Å². The second-order valence-corrected chi connectivity index (χ2v) is 4.02. The summed E-state index contributed by atoms with van der Waals surface area (Å²) >= 11 is 0. The number of carboxylic acids is 1. The Labute approximate surface area is 110 Å². The van der Waals surface area contributed by atoms with Crippen molar-refractivity contribution in [3.63, 3.8) is 0 Å². The van der Waals surface area contributed by atoms with E-state index in [0.717, 1.165) is 17.2 Å². The van der Waals surface area contributed by atoms with Gasteiger partial charge < -0.3 is 9.84 Å². The van der Waals surface area contributed by atoms with Gasteiger partial charge >= 0.3 is 5.97 Å². The first-order chi connectivity index (χ1) is 9.15. The number of para-hydroxylation sites is 1. The van der Waals surface area contributed by atoms with Crippen LogP contribution >= 0.6 is 0 Å². The Bertz CT molecular complexity index is 602. The normalized spacial score (nSPS) is 10.8. The minimum Gasteiger partial charge on any atom is -0.488 e. The summed E-state index contributed by atoms with van der Waals surface area (Å²) in [5, 5.41) is 12.7. The fourth-order valence-corrected chi connectivity index (χ4v) is 1.62. The lowest BCUT2D eigenvalue weighted by Gasteiger charge is -2.07. The summed E-state index contributed by atoms with van der Waals surface area (Å²) in [6, 6.07) is 7.28. The summed E-state index contributed by atoms with van der Waals surface area (Å²) < 4.78 is 7.37. The second-order valence-electron chi connectivity index (χ2n) is 4.02. The highest BCUT2D eigenvalue weighted by Crippen LogP contribution is 2.20. The van der Waals surface area contributed by atoms with Crippen molar-refractivity contribution < 1.29 is 14.6 Å². The fourth-order valence-electron chi connectivity index (χ4n) is 1.62. The van der Waals surface area contributed by atoms with Crippen molar-refractivity contribution in [1.29, 1.82) is 0 Å². The molecule has 0 aliphatic heterocycles. The molecule has 0 amide bonds. The van der Waals surface area contributed by atoms with Gasteiger partial charge in [-0.3, -0.25) is 4.68 Å². The zero-order valence-corrected chi connectivity index (χ0v) is 10.5. The van der Waals surface area contributed by atoms with Crippen LogP contribution in [0.4, 0.5) is 0 Å². The molecule has 0 saturated heterocycles. The number of nitrogens with zero attached hydrogens (tertiary/aromatic N) is 2. The lowest BCUT2D eigenvalue weighted by atomic mass is 10.2. The number of ether oxygens (including phenoxy) is 1. The van der Waals surface area contributed by atoms with Crippen LogP contribution in [0.5, 0.6) is 5.75 Å². The molecular formula is C14H14N2O3. The lowest BCUT2D eigenvalue weighted by molar-refractivity contribution is -0.131. The average Bonchev–Trinajstić information content (AvgIpc) is 2.80. The van der Waals surface area contributed by atoms with Gasteiger partial charge in [-0.2, -0.15) is 5.10 Å². The first-order valence-electron chi connectivity index (χ1n) is 5.75. The van der Waals surface area contributed by atoms with Crippen LogP contribution in [-0.2, 0) is 18.4 Å². The molecule has 1 heterocycles. The summed E-state index contributed by atoms with van der Waals surface area (Å²) in [7, 11) is 1.84. The van der Waals surface area contributed by atoms with Gasteiger partial charge in [-0.1, -0.05) is 18.2 Å². The third-order valence-electron chi connectivity index (χ3n) is 2.48. The monoisotopic (exact) mass is 258 g/mol. The molecule has 5 nitrogen and oxygen atoms in total. The molecule has 1 aromatic heterocycles. The van der Waals surface area contributed by atoms with Gasteiger partial charge in [-0.05, 0) is 12.1 Å². The molecule has 0 unspecified atom stereocenters. The van der Waals surface area contributed by atoms with Crippen LogP contribution in [0.2, 0.25) is 0 Å². The SMILES string of the molecule is Cn1cc(COc2ccccc2/C=C/C(=O)O)cn1. The van der Waals surface area contributed by atoms with E-state index in [9.17, 15) is 4.79 Å². The van der Waals surface area contributed by atoms with Gasteiger partial charge in [-0.15, -0.1) is 0 Å². The van der Waals surface area contributed by atoms with Crippen molar-refractivity contribution in [3.8, 4) is 5.75 Å². The van der Waals surface area contributed by atoms with E-state index in [1.807, 2.05) is 25.4 Å². The molecule has 98 valence electrons. The Kier molecular flexibility index (Phi) is 3.97. The molecule has 0 aliphatic rings. The van der Waals surface area contributed by atoms with Crippen LogP contribution in [-0.4, -0.2) is 20.9 Å². The first-order valence-corrected chi connectivity index (χ1v) is 5.75. The highest BCUT2D eigenvalue weighted by molar-refractivity contribution is 5.85. The molecule has 0 radical (unpaired) electrons. The maximum Gasteiger partial charge on any atom is 0.328 e. The molecular weight excluding hydrogens is 244 g/mol. The number of carboxylic acid groups (broad SMARTS) is 1. The van der Waals surface area contributed by atoms with Gasteiger partial charge in [-0.25, -0.2) is 4.79 Å². The number of aromatic nitrogens is 2. The topological polar surface area (TPSA) is 64.3 Å². The molecule has 19 heavy (non-hydrogen) atoms. The third-order valence-corrected chi connectivity index (χ3v) is 2.48. The molecule has 0 aliphatic carbocycles. The molecule has 0 spiro atoms. The first kappa shape index (κ1) is 12.9. The number of aryl methyl sites for hydroxylation is 1. The molecule has 1 N–H and O–H groups in total. The molecule has 0 atom stereocenters. The summed E-state index contributed by atoms with van der Waals surface area (Å²) in [5.41, 5.74) is 1.69. The van der Waals surface area contributed by atoms with Crippen molar-refractivity contribution in [2.75, 3.05) is 0 Å². The van der Waals surface area contributed by atoms with E-state index in [2.05, 4.69) is 5.10 Å². The van der Waals surface area contributed by atoms with Crippen LogP contribution < -0.4 is 4.74 Å². The van der Waals surface area contributed by atoms with Crippen molar-refractivity contribution in [1.82, 2.24) is 9.78 Å². The van der Waals surface area contributed by atoms with Crippen molar-refractivity contribution in [2.45, 2.75) is 6.61 Å². The summed E-state index contributed by atoms with van der Waals surface area (Å²) in [6.07, 6.45) is 6.21. The maximum absolute atomic E-state index is 10.5. The lowest BCUT2D eigenvalue weighted by Crippen LogP contribution is -1.96. The smallest absolute Gasteiger partial charge is 0.328 e. The number of rotatable bonds is 5. The number of carbonyl (C=O) groups is 1. The van der Waals surface area contributed by atoms with Crippen molar-refractivity contribution in [3.05, 3.63) is 53.9 Å². The summed E-state index contributed by atoms with van der Waals surface area (Å²) in [5.74, 6) is -0.342. The number of hydrogen-bond donors (Lipinski definition) is 1. The van der Waals surface area contributed by atoms with E-state index in [1.54, 1.807) is 23.0 Å². The van der Waals surface area contributed by atoms with Crippen molar-refractivity contribution in [2.24, 2.45) is 7.05 Å². The fraction of sp³-hybridized carbons (Fsp3) is 0.143. The zero-order chi connectivity index (χ0) is 13.7. The van der Waals surface area contributed by atoms with Gasteiger partial charge in [0.25, 0.3) is 0 Å². The molecule has 0 bridgehead atoms. The van der Waals surface area contributed by atoms with Gasteiger partial charge in [0.05, 0.1) is 6.20 Å². The quantitative estimate of drug-likeness (QED) is 0.834. The molecule has 2 aromatic rings. The minimum absolute atomic E-state index is 0.395. The Balaban J connectivity index is 2.09. The average molecular weight is 258 g/mol. The standard InChI is InChI=1S/C14H14N2O3/c1-16-9-11(8-15-16)10-19-13-5-3-2-4-12(13)6-7-14(17)18/h2-9H,10H2,1H3,(H,17,18)/b7-6+. The molecule has 5 heteroatoms. The molecule has 1 aromatic carbocycles. The largest absolute Gasteiger partial charge is 0.488 e. The Morgan fingerprint density at radius 1 is 1.47 bits per heavy atom. The molecule has 0 saturated carbocycles. The Morgan fingerprint density at radius 3 is 2.95 bits per heavy atom. The maximum atomic E-state index is 10.5. The Morgan fingerprint density at radius 2 is 2.26 bits per heavy atom. The zero-order valence-electron chi connectivity index (χ0n) is 10.5. The van der Waals surface area contributed by atoms with E-state index in [4.69, 9.17) is 9.84 Å². The van der Waals surface area contributed by atoms with Crippen molar-refractivity contribution >= 4 is 12.0 Å². The van der Waals surface area contributed by atoms with Crippen LogP contribution in [0.15, 0.2) is 42.7 Å². The number of benzene rings is 1. The third kappa shape index (κ3) is 3.70. The van der Waals surface area contributed by atoms with E-state index >= 15 is 0 Å². The van der Waals surface area contributed by atoms with Gasteiger partial charge in [0.1, 0.15) is 12.4 Å². The highest BCUT2D eigenvalue weighted by atomic mass is 16.5. The molecule has 2 rings (SSSR count). The van der Waals surface area contributed by atoms with Gasteiger partial charge in [0.2, 0.25) is 0 Å². The number of aliphatic carboxylic acids is 1. The predicted octanol–water partition coefficient (Wildman–Crippen LogP) is 2.10. The van der Waals surface area contributed by atoms with E-state index in [1.165, 1.54) is 6.08 Å². The van der Waals surface area contributed by atoms with E-state index in [0.29, 0.717) is 12.4 Å². The van der Waals surface area contributed by atoms with E-state index in [-0.39, 0.29) is 0 Å². The highest BCUT2D eigenvalue weighted by Gasteiger charge is 2.02. The summed E-state index contributed by atoms with van der Waals surface area (Å²) in [4.78, 5) is 10.5. The molecule has 0 fully saturated rings. The van der Waals surface area contributed by atoms with Crippen LogP contribution in [0.3, 0.4) is 0 Å². The number of hydrogen-bond acceptors (Lipinski definition) is 3. The van der Waals surface area contributed by atoms with Crippen LogP contribution in [0.1, 0.15) is 11.1 Å². The second kappa shape index (κ2) is 5.86. The Hall–Kier alpha value is -2.56. The predicted molar refractivity (Wildman–Crippen MR) is 70.7 cm³/mol. The summed E-state index contributed by atoms with van der Waals surface area (Å²) in [6.45, 7) is 0.395. The van der Waals surface area contributed by atoms with Gasteiger partial charge in [0, 0.05) is 30.4 Å². The van der Waals surface area contributed by atoms with E-state index < -0.39 is 5.97 Å².